The summed E-state index contributed by atoms with van der Waals surface area (Å²) in [4.78, 5) is 28.6. The van der Waals surface area contributed by atoms with Gasteiger partial charge in [-0.25, -0.2) is 0 Å². The van der Waals surface area contributed by atoms with E-state index in [-0.39, 0.29) is 24.2 Å². The summed E-state index contributed by atoms with van der Waals surface area (Å²) < 4.78 is 10.2. The van der Waals surface area contributed by atoms with Crippen molar-refractivity contribution >= 4 is 11.8 Å². The van der Waals surface area contributed by atoms with Crippen molar-refractivity contribution in [1.82, 2.24) is 9.80 Å². The SMILES string of the molecule is COCCN(CCOC)C(=O)C1CC(=O)N(Cc2ccc(C)cc2)C1. The van der Waals surface area contributed by atoms with Crippen LogP contribution in [-0.4, -0.2) is 68.7 Å². The van der Waals surface area contributed by atoms with Crippen molar-refractivity contribution in [3.05, 3.63) is 35.4 Å². The quantitative estimate of drug-likeness (QED) is 0.678. The van der Waals surface area contributed by atoms with Gasteiger partial charge in [0.1, 0.15) is 0 Å². The summed E-state index contributed by atoms with van der Waals surface area (Å²) in [6, 6.07) is 8.13. The zero-order chi connectivity index (χ0) is 18.2. The number of rotatable bonds is 9. The third-order valence-corrected chi connectivity index (χ3v) is 4.50. The molecule has 1 aromatic rings. The van der Waals surface area contributed by atoms with E-state index < -0.39 is 0 Å². The van der Waals surface area contributed by atoms with E-state index >= 15 is 0 Å². The topological polar surface area (TPSA) is 59.1 Å². The third-order valence-electron chi connectivity index (χ3n) is 4.50. The molecule has 1 fully saturated rings. The molecule has 0 N–H and O–H groups in total. The highest BCUT2D eigenvalue weighted by molar-refractivity contribution is 5.89. The average molecular weight is 348 g/mol. The number of benzene rings is 1. The Balaban J connectivity index is 1.96. The summed E-state index contributed by atoms with van der Waals surface area (Å²) in [6.07, 6.45) is 0.279. The van der Waals surface area contributed by atoms with Crippen LogP contribution < -0.4 is 0 Å². The van der Waals surface area contributed by atoms with E-state index in [1.54, 1.807) is 24.0 Å². The van der Waals surface area contributed by atoms with Crippen molar-refractivity contribution in [3.8, 4) is 0 Å². The predicted octanol–water partition coefficient (Wildman–Crippen LogP) is 1.46. The second-order valence-electron chi connectivity index (χ2n) is 6.47. The molecule has 2 amide bonds. The lowest BCUT2D eigenvalue weighted by molar-refractivity contribution is -0.137. The van der Waals surface area contributed by atoms with Gasteiger partial charge in [0.15, 0.2) is 0 Å². The van der Waals surface area contributed by atoms with Gasteiger partial charge in [-0.05, 0) is 12.5 Å². The number of amides is 2. The molecular formula is C19H28N2O4. The summed E-state index contributed by atoms with van der Waals surface area (Å²) in [6.45, 7) is 5.05. The largest absolute Gasteiger partial charge is 0.383 e. The fraction of sp³-hybridized carbons (Fsp3) is 0.579. The zero-order valence-corrected chi connectivity index (χ0v) is 15.4. The fourth-order valence-corrected chi connectivity index (χ4v) is 3.00. The van der Waals surface area contributed by atoms with Gasteiger partial charge in [0.05, 0.1) is 19.1 Å². The maximum absolute atomic E-state index is 12.8. The number of nitrogens with zero attached hydrogens (tertiary/aromatic N) is 2. The predicted molar refractivity (Wildman–Crippen MR) is 95.0 cm³/mol. The van der Waals surface area contributed by atoms with Crippen LogP contribution in [0.1, 0.15) is 17.5 Å². The lowest BCUT2D eigenvalue weighted by Crippen LogP contribution is -2.41. The van der Waals surface area contributed by atoms with E-state index in [4.69, 9.17) is 9.47 Å². The first-order valence-corrected chi connectivity index (χ1v) is 8.65. The van der Waals surface area contributed by atoms with Crippen LogP contribution in [0.3, 0.4) is 0 Å². The molecule has 1 heterocycles. The van der Waals surface area contributed by atoms with Crippen LogP contribution in [0.25, 0.3) is 0 Å². The Labute approximate surface area is 149 Å². The van der Waals surface area contributed by atoms with Gasteiger partial charge < -0.3 is 19.3 Å². The standard InChI is InChI=1S/C19H28N2O4/c1-15-4-6-16(7-5-15)13-21-14-17(12-18(21)22)19(23)20(8-10-24-2)9-11-25-3/h4-7,17H,8-14H2,1-3H3. The van der Waals surface area contributed by atoms with E-state index in [1.807, 2.05) is 31.2 Å². The Hall–Kier alpha value is -1.92. The number of likely N-dealkylation sites (tertiary alicyclic amines) is 1. The first-order chi connectivity index (χ1) is 12.0. The van der Waals surface area contributed by atoms with Crippen molar-refractivity contribution in [2.45, 2.75) is 19.9 Å². The van der Waals surface area contributed by atoms with Gasteiger partial charge in [-0.2, -0.15) is 0 Å². The molecule has 25 heavy (non-hydrogen) atoms. The Morgan fingerprint density at radius 2 is 1.76 bits per heavy atom. The Kier molecular flexibility index (Phi) is 7.40. The highest BCUT2D eigenvalue weighted by Crippen LogP contribution is 2.22. The Bertz CT molecular complexity index is 565. The molecule has 1 saturated heterocycles. The molecule has 6 heteroatoms. The maximum Gasteiger partial charge on any atom is 0.228 e. The van der Waals surface area contributed by atoms with Crippen LogP contribution >= 0.6 is 0 Å². The Morgan fingerprint density at radius 3 is 2.32 bits per heavy atom. The van der Waals surface area contributed by atoms with Gasteiger partial charge in [0.25, 0.3) is 0 Å². The molecular weight excluding hydrogens is 320 g/mol. The molecule has 0 bridgehead atoms. The number of ether oxygens (including phenoxy) is 2. The molecule has 6 nitrogen and oxygen atoms in total. The molecule has 0 saturated carbocycles. The van der Waals surface area contributed by atoms with Crippen LogP contribution in [0.5, 0.6) is 0 Å². The van der Waals surface area contributed by atoms with Gasteiger partial charge in [-0.3, -0.25) is 9.59 Å². The first kappa shape index (κ1) is 19.4. The van der Waals surface area contributed by atoms with Crippen LogP contribution in [-0.2, 0) is 25.6 Å². The maximum atomic E-state index is 12.8. The Morgan fingerprint density at radius 1 is 1.16 bits per heavy atom. The van der Waals surface area contributed by atoms with Crippen LogP contribution in [0.4, 0.5) is 0 Å². The first-order valence-electron chi connectivity index (χ1n) is 8.65. The minimum absolute atomic E-state index is 0.00820. The number of hydrogen-bond donors (Lipinski definition) is 0. The molecule has 1 aliphatic rings. The highest BCUT2D eigenvalue weighted by atomic mass is 16.5. The van der Waals surface area contributed by atoms with Crippen molar-refractivity contribution in [1.29, 1.82) is 0 Å². The van der Waals surface area contributed by atoms with Gasteiger partial charge in [0.2, 0.25) is 11.8 Å². The lowest BCUT2D eigenvalue weighted by Gasteiger charge is -2.25. The van der Waals surface area contributed by atoms with Crippen LogP contribution in [0, 0.1) is 12.8 Å². The van der Waals surface area contributed by atoms with Crippen molar-refractivity contribution in [2.24, 2.45) is 5.92 Å². The van der Waals surface area contributed by atoms with Gasteiger partial charge >= 0.3 is 0 Å². The molecule has 1 unspecified atom stereocenters. The highest BCUT2D eigenvalue weighted by Gasteiger charge is 2.36. The second kappa shape index (κ2) is 9.53. The number of hydrogen-bond acceptors (Lipinski definition) is 4. The van der Waals surface area contributed by atoms with E-state index in [0.29, 0.717) is 39.4 Å². The zero-order valence-electron chi connectivity index (χ0n) is 15.4. The lowest BCUT2D eigenvalue weighted by atomic mass is 10.1. The minimum atomic E-state index is -0.285. The summed E-state index contributed by atoms with van der Waals surface area (Å²) in [5, 5.41) is 0. The molecule has 0 aliphatic carbocycles. The molecule has 138 valence electrons. The van der Waals surface area contributed by atoms with E-state index in [2.05, 4.69) is 0 Å². The number of aryl methyl sites for hydroxylation is 1. The normalized spacial score (nSPS) is 17.2. The van der Waals surface area contributed by atoms with Crippen LogP contribution in [0.2, 0.25) is 0 Å². The third kappa shape index (κ3) is 5.54. The second-order valence-corrected chi connectivity index (χ2v) is 6.47. The average Bonchev–Trinajstić information content (AvgIpc) is 2.97. The van der Waals surface area contributed by atoms with Crippen molar-refractivity contribution < 1.29 is 19.1 Å². The smallest absolute Gasteiger partial charge is 0.228 e. The molecule has 0 aromatic heterocycles. The molecule has 0 spiro atoms. The molecule has 0 radical (unpaired) electrons. The van der Waals surface area contributed by atoms with Crippen LogP contribution in [0.15, 0.2) is 24.3 Å². The molecule has 2 rings (SSSR count). The summed E-state index contributed by atoms with van der Waals surface area (Å²) in [5.74, 6) is -0.238. The van der Waals surface area contributed by atoms with E-state index in [0.717, 1.165) is 5.56 Å². The molecule has 1 aliphatic heterocycles. The minimum Gasteiger partial charge on any atom is -0.383 e. The van der Waals surface area contributed by atoms with Gasteiger partial charge in [-0.1, -0.05) is 29.8 Å². The van der Waals surface area contributed by atoms with Gasteiger partial charge in [-0.15, -0.1) is 0 Å². The van der Waals surface area contributed by atoms with E-state index in [9.17, 15) is 9.59 Å². The van der Waals surface area contributed by atoms with E-state index in [1.165, 1.54) is 5.56 Å². The molecule has 1 aromatic carbocycles. The van der Waals surface area contributed by atoms with Crippen molar-refractivity contribution in [2.75, 3.05) is 47.1 Å². The fourth-order valence-electron chi connectivity index (χ4n) is 3.00. The summed E-state index contributed by atoms with van der Waals surface area (Å²) in [5.41, 5.74) is 2.28. The summed E-state index contributed by atoms with van der Waals surface area (Å²) in [7, 11) is 3.22. The summed E-state index contributed by atoms with van der Waals surface area (Å²) >= 11 is 0. The number of carbonyl (C=O) groups is 2. The number of carbonyl (C=O) groups excluding carboxylic acids is 2. The molecule has 1 atom stereocenters. The number of methoxy groups -OCH3 is 2. The van der Waals surface area contributed by atoms with Crippen molar-refractivity contribution in [3.63, 3.8) is 0 Å². The monoisotopic (exact) mass is 348 g/mol. The van der Waals surface area contributed by atoms with Gasteiger partial charge in [0, 0.05) is 46.8 Å².